The van der Waals surface area contributed by atoms with Crippen molar-refractivity contribution in [1.29, 1.82) is 5.26 Å². The number of nitrogens with one attached hydrogen (secondary N) is 1. The molecule has 33 heavy (non-hydrogen) atoms. The fraction of sp³-hybridized carbons (Fsp3) is 0.308. The second-order valence-electron chi connectivity index (χ2n) is 8.27. The minimum Gasteiger partial charge on any atom is -0.452 e. The molecule has 1 fully saturated rings. The normalized spacial score (nSPS) is 14.0. The average molecular weight is 443 g/mol. The molecule has 0 bridgehead atoms. The number of nitrogens with zero attached hydrogens (tertiary/aromatic N) is 3. The Balaban J connectivity index is 1.42. The van der Waals surface area contributed by atoms with Gasteiger partial charge in [0.15, 0.2) is 6.61 Å². The highest BCUT2D eigenvalue weighted by atomic mass is 16.5. The largest absolute Gasteiger partial charge is 0.452 e. The number of rotatable bonds is 6. The first-order valence-corrected chi connectivity index (χ1v) is 11.1. The summed E-state index contributed by atoms with van der Waals surface area (Å²) in [7, 11) is 0. The molecular formula is C26H26N4O3. The van der Waals surface area contributed by atoms with Crippen LogP contribution in [0.25, 0.3) is 17.0 Å². The third kappa shape index (κ3) is 4.65. The van der Waals surface area contributed by atoms with Gasteiger partial charge in [0.2, 0.25) is 0 Å². The van der Waals surface area contributed by atoms with Gasteiger partial charge in [-0.1, -0.05) is 37.1 Å². The highest BCUT2D eigenvalue weighted by Gasteiger charge is 2.26. The monoisotopic (exact) mass is 442 g/mol. The van der Waals surface area contributed by atoms with Crippen molar-refractivity contribution in [3.8, 4) is 6.07 Å². The number of carbonyl (C=O) groups excluding carboxylic acids is 2. The van der Waals surface area contributed by atoms with Gasteiger partial charge in [0.25, 0.3) is 5.91 Å². The molecule has 0 atom stereocenters. The van der Waals surface area contributed by atoms with Crippen molar-refractivity contribution in [2.45, 2.75) is 45.6 Å². The van der Waals surface area contributed by atoms with Gasteiger partial charge in [0.05, 0.1) is 11.1 Å². The molecule has 0 saturated heterocycles. The summed E-state index contributed by atoms with van der Waals surface area (Å²) in [5, 5.41) is 13.4. The highest BCUT2D eigenvalue weighted by Crippen LogP contribution is 2.37. The van der Waals surface area contributed by atoms with Gasteiger partial charge in [-0.3, -0.25) is 9.78 Å². The average Bonchev–Trinajstić information content (AvgIpc) is 3.43. The smallest absolute Gasteiger partial charge is 0.331 e. The second-order valence-corrected chi connectivity index (χ2v) is 8.27. The second kappa shape index (κ2) is 9.70. The molecule has 7 nitrogen and oxygen atoms in total. The number of aromatic nitrogens is 2. The number of benzene rings is 1. The van der Waals surface area contributed by atoms with E-state index in [1.807, 2.05) is 44.2 Å². The number of nitriles is 1. The summed E-state index contributed by atoms with van der Waals surface area (Å²) in [6, 6.07) is 12.0. The minimum absolute atomic E-state index is 0.265. The van der Waals surface area contributed by atoms with E-state index in [9.17, 15) is 14.9 Å². The van der Waals surface area contributed by atoms with Crippen molar-refractivity contribution < 1.29 is 14.3 Å². The molecule has 4 rings (SSSR count). The van der Waals surface area contributed by atoms with E-state index in [-0.39, 0.29) is 6.04 Å². The van der Waals surface area contributed by atoms with Crippen LogP contribution in [0.1, 0.15) is 54.1 Å². The Morgan fingerprint density at radius 3 is 2.76 bits per heavy atom. The zero-order valence-corrected chi connectivity index (χ0v) is 18.8. The molecule has 0 unspecified atom stereocenters. The number of anilines is 1. The zero-order valence-electron chi connectivity index (χ0n) is 18.8. The van der Waals surface area contributed by atoms with Crippen molar-refractivity contribution in [3.63, 3.8) is 0 Å². The van der Waals surface area contributed by atoms with Gasteiger partial charge in [-0.05, 0) is 44.4 Å². The fourth-order valence-corrected chi connectivity index (χ4v) is 4.48. The van der Waals surface area contributed by atoms with Gasteiger partial charge in [-0.15, -0.1) is 0 Å². The van der Waals surface area contributed by atoms with E-state index in [4.69, 9.17) is 4.74 Å². The Labute approximate surface area is 192 Å². The quantitative estimate of drug-likeness (QED) is 0.435. The van der Waals surface area contributed by atoms with Crippen LogP contribution in [0.5, 0.6) is 0 Å². The molecule has 1 saturated carbocycles. The highest BCUT2D eigenvalue weighted by molar-refractivity contribution is 5.96. The summed E-state index contributed by atoms with van der Waals surface area (Å²) in [6.07, 6.45) is 8.91. The molecule has 1 aliphatic rings. The Morgan fingerprint density at radius 1 is 1.24 bits per heavy atom. The van der Waals surface area contributed by atoms with Gasteiger partial charge < -0.3 is 14.6 Å². The van der Waals surface area contributed by atoms with Crippen molar-refractivity contribution in [1.82, 2.24) is 9.55 Å². The summed E-state index contributed by atoms with van der Waals surface area (Å²) in [4.78, 5) is 29.1. The summed E-state index contributed by atoms with van der Waals surface area (Å²) in [5.41, 5.74) is 3.88. The van der Waals surface area contributed by atoms with E-state index in [2.05, 4.69) is 20.9 Å². The topological polar surface area (TPSA) is 97.0 Å². The molecule has 1 aromatic carbocycles. The number of hydrogen-bond donors (Lipinski definition) is 1. The Bertz CT molecular complexity index is 1270. The molecule has 1 N–H and O–H groups in total. The SMILES string of the molecule is Cc1c(C#N)c(NC(=O)COC(=O)/C=C\c2cccc3cccnc23)n(C2CCCC2)c1C. The molecule has 2 heterocycles. The molecular weight excluding hydrogens is 416 g/mol. The van der Waals surface area contributed by atoms with Gasteiger partial charge in [-0.2, -0.15) is 5.26 Å². The number of amides is 1. The molecule has 7 heteroatoms. The first kappa shape index (κ1) is 22.3. The number of ether oxygens (including phenoxy) is 1. The van der Waals surface area contributed by atoms with Gasteiger partial charge >= 0.3 is 5.97 Å². The van der Waals surface area contributed by atoms with E-state index in [0.29, 0.717) is 11.4 Å². The lowest BCUT2D eigenvalue weighted by Crippen LogP contribution is -2.23. The van der Waals surface area contributed by atoms with Crippen LogP contribution in [0.4, 0.5) is 5.82 Å². The number of hydrogen-bond acceptors (Lipinski definition) is 5. The predicted molar refractivity (Wildman–Crippen MR) is 126 cm³/mol. The molecule has 2 aromatic heterocycles. The van der Waals surface area contributed by atoms with E-state index in [0.717, 1.165) is 53.4 Å². The van der Waals surface area contributed by atoms with Crippen LogP contribution in [0.2, 0.25) is 0 Å². The number of carbonyl (C=O) groups is 2. The van der Waals surface area contributed by atoms with Crippen LogP contribution in [-0.2, 0) is 14.3 Å². The maximum absolute atomic E-state index is 12.6. The number of fused-ring (bicyclic) bond motifs is 1. The Morgan fingerprint density at radius 2 is 2.00 bits per heavy atom. The summed E-state index contributed by atoms with van der Waals surface area (Å²) >= 11 is 0. The van der Waals surface area contributed by atoms with Crippen molar-refractivity contribution in [2.75, 3.05) is 11.9 Å². The third-order valence-electron chi connectivity index (χ3n) is 6.22. The zero-order chi connectivity index (χ0) is 23.4. The molecule has 0 aliphatic heterocycles. The lowest BCUT2D eigenvalue weighted by atomic mass is 10.1. The van der Waals surface area contributed by atoms with Crippen LogP contribution in [0, 0.1) is 25.2 Å². The van der Waals surface area contributed by atoms with Crippen molar-refractivity contribution in [3.05, 3.63) is 65.0 Å². The van der Waals surface area contributed by atoms with E-state index in [1.165, 1.54) is 6.08 Å². The van der Waals surface area contributed by atoms with Gasteiger partial charge in [-0.25, -0.2) is 4.79 Å². The number of esters is 1. The first-order valence-electron chi connectivity index (χ1n) is 11.1. The van der Waals surface area contributed by atoms with Crippen LogP contribution < -0.4 is 5.32 Å². The molecule has 0 radical (unpaired) electrons. The summed E-state index contributed by atoms with van der Waals surface area (Å²) in [6.45, 7) is 3.43. The van der Waals surface area contributed by atoms with E-state index in [1.54, 1.807) is 12.3 Å². The Hall–Kier alpha value is -3.92. The van der Waals surface area contributed by atoms with Crippen LogP contribution >= 0.6 is 0 Å². The molecule has 1 aliphatic carbocycles. The van der Waals surface area contributed by atoms with Crippen LogP contribution in [0.15, 0.2) is 42.6 Å². The first-order chi connectivity index (χ1) is 16.0. The van der Waals surface area contributed by atoms with E-state index < -0.39 is 18.5 Å². The molecule has 1 amide bonds. The van der Waals surface area contributed by atoms with Crippen molar-refractivity contribution in [2.24, 2.45) is 0 Å². The maximum Gasteiger partial charge on any atom is 0.331 e. The third-order valence-corrected chi connectivity index (χ3v) is 6.22. The van der Waals surface area contributed by atoms with Crippen LogP contribution in [-0.4, -0.2) is 28.0 Å². The van der Waals surface area contributed by atoms with Crippen molar-refractivity contribution >= 4 is 34.7 Å². The molecule has 3 aromatic rings. The number of pyridine rings is 1. The molecule has 168 valence electrons. The minimum atomic E-state index is -0.628. The summed E-state index contributed by atoms with van der Waals surface area (Å²) < 4.78 is 7.20. The van der Waals surface area contributed by atoms with Crippen LogP contribution in [0.3, 0.4) is 0 Å². The standard InChI is InChI=1S/C26H26N4O3/c1-17-18(2)30(21-10-3-4-11-21)26(22(17)15-27)29-23(31)16-33-24(32)13-12-20-8-5-7-19-9-6-14-28-25(19)20/h5-9,12-14,21H,3-4,10-11,16H2,1-2H3,(H,29,31)/b13-12-. The van der Waals surface area contributed by atoms with Gasteiger partial charge in [0, 0.05) is 35.0 Å². The maximum atomic E-state index is 12.6. The summed E-state index contributed by atoms with van der Waals surface area (Å²) in [5.74, 6) is -0.605. The Kier molecular flexibility index (Phi) is 6.55. The fourth-order valence-electron chi connectivity index (χ4n) is 4.48. The lowest BCUT2D eigenvalue weighted by molar-refractivity contribution is -0.142. The molecule has 0 spiro atoms. The van der Waals surface area contributed by atoms with E-state index >= 15 is 0 Å². The van der Waals surface area contributed by atoms with Gasteiger partial charge in [0.1, 0.15) is 11.9 Å². The number of para-hydroxylation sites is 1. The predicted octanol–water partition coefficient (Wildman–Crippen LogP) is 4.84. The lowest BCUT2D eigenvalue weighted by Gasteiger charge is -2.19.